The lowest BCUT2D eigenvalue weighted by Crippen LogP contribution is -2.54. The summed E-state index contributed by atoms with van der Waals surface area (Å²) in [6.45, 7) is 7.72. The van der Waals surface area contributed by atoms with E-state index in [-0.39, 0.29) is 23.6 Å². The molecule has 2 N–H and O–H groups in total. The van der Waals surface area contributed by atoms with Crippen LogP contribution >= 0.6 is 11.3 Å². The van der Waals surface area contributed by atoms with Gasteiger partial charge in [-0.25, -0.2) is 0 Å². The van der Waals surface area contributed by atoms with Crippen molar-refractivity contribution in [3.8, 4) is 0 Å². The molecule has 3 amide bonds. The van der Waals surface area contributed by atoms with Gasteiger partial charge in [-0.2, -0.15) is 0 Å². The van der Waals surface area contributed by atoms with E-state index in [1.807, 2.05) is 61.4 Å². The van der Waals surface area contributed by atoms with Crippen LogP contribution in [0.4, 0.5) is 0 Å². The molecule has 1 atom stereocenters. The van der Waals surface area contributed by atoms with Crippen molar-refractivity contribution in [3.63, 3.8) is 0 Å². The Kier molecular flexibility index (Phi) is 7.85. The van der Waals surface area contributed by atoms with Gasteiger partial charge in [-0.05, 0) is 54.7 Å². The summed E-state index contributed by atoms with van der Waals surface area (Å²) in [5, 5.41) is 7.77. The maximum Gasteiger partial charge on any atom is 0.262 e. The molecular weight excluding hydrogens is 410 g/mol. The molecule has 1 aromatic carbocycles. The normalized spacial score (nSPS) is 15.5. The molecule has 3 rings (SSSR count). The largest absolute Gasteiger partial charge is 0.354 e. The molecule has 1 aromatic heterocycles. The summed E-state index contributed by atoms with van der Waals surface area (Å²) in [5.74, 6) is -0.0384. The van der Waals surface area contributed by atoms with Gasteiger partial charge in [0.2, 0.25) is 5.91 Å². The van der Waals surface area contributed by atoms with E-state index in [1.54, 1.807) is 6.07 Å². The van der Waals surface area contributed by atoms with E-state index in [4.69, 9.17) is 0 Å². The van der Waals surface area contributed by atoms with Crippen LogP contribution in [0.2, 0.25) is 0 Å². The van der Waals surface area contributed by atoms with Crippen LogP contribution in [-0.4, -0.2) is 48.3 Å². The maximum absolute atomic E-state index is 12.9. The summed E-state index contributed by atoms with van der Waals surface area (Å²) < 4.78 is 0. The zero-order chi connectivity index (χ0) is 22.4. The number of nitrogens with one attached hydrogen (secondary N) is 2. The average Bonchev–Trinajstić information content (AvgIpc) is 3.31. The highest BCUT2D eigenvalue weighted by atomic mass is 32.1. The Balaban J connectivity index is 1.67. The summed E-state index contributed by atoms with van der Waals surface area (Å²) in [5.41, 5.74) is 1.68. The first-order valence-corrected chi connectivity index (χ1v) is 11.7. The Morgan fingerprint density at radius 3 is 2.42 bits per heavy atom. The molecule has 1 saturated heterocycles. The minimum absolute atomic E-state index is 0.0167. The molecule has 2 aromatic rings. The Morgan fingerprint density at radius 1 is 1.10 bits per heavy atom. The first-order valence-electron chi connectivity index (χ1n) is 10.8. The SMILES string of the molecule is Cc1ccccc1C(=O)N1CCC(C(NC(=O)c2cccs2)C(=O)NCC(C)C)CC1. The molecular formula is C24H31N3O3S. The monoisotopic (exact) mass is 441 g/mol. The Bertz CT molecular complexity index is 903. The molecule has 0 bridgehead atoms. The van der Waals surface area contributed by atoms with E-state index < -0.39 is 6.04 Å². The molecule has 1 unspecified atom stereocenters. The number of amides is 3. The van der Waals surface area contributed by atoms with Crippen molar-refractivity contribution in [1.82, 2.24) is 15.5 Å². The number of carbonyl (C=O) groups excluding carboxylic acids is 3. The molecule has 6 nitrogen and oxygen atoms in total. The summed E-state index contributed by atoms with van der Waals surface area (Å²) in [6.07, 6.45) is 1.34. The quantitative estimate of drug-likeness (QED) is 0.691. The smallest absolute Gasteiger partial charge is 0.262 e. The Morgan fingerprint density at radius 2 is 1.81 bits per heavy atom. The molecule has 0 aliphatic carbocycles. The van der Waals surface area contributed by atoms with Crippen molar-refractivity contribution in [1.29, 1.82) is 0 Å². The van der Waals surface area contributed by atoms with Gasteiger partial charge >= 0.3 is 0 Å². The van der Waals surface area contributed by atoms with Crippen molar-refractivity contribution >= 4 is 29.1 Å². The van der Waals surface area contributed by atoms with Crippen LogP contribution in [0.15, 0.2) is 41.8 Å². The van der Waals surface area contributed by atoms with Gasteiger partial charge < -0.3 is 15.5 Å². The molecule has 2 heterocycles. The maximum atomic E-state index is 12.9. The third-order valence-electron chi connectivity index (χ3n) is 5.67. The number of aryl methyl sites for hydroxylation is 1. The zero-order valence-electron chi connectivity index (χ0n) is 18.4. The van der Waals surface area contributed by atoms with E-state index in [9.17, 15) is 14.4 Å². The molecule has 1 aliphatic rings. The van der Waals surface area contributed by atoms with Gasteiger partial charge in [-0.1, -0.05) is 38.1 Å². The van der Waals surface area contributed by atoms with Gasteiger partial charge in [-0.3, -0.25) is 14.4 Å². The zero-order valence-corrected chi connectivity index (χ0v) is 19.2. The predicted molar refractivity (Wildman–Crippen MR) is 123 cm³/mol. The average molecular weight is 442 g/mol. The van der Waals surface area contributed by atoms with Crippen LogP contribution in [-0.2, 0) is 4.79 Å². The fourth-order valence-corrected chi connectivity index (χ4v) is 4.48. The van der Waals surface area contributed by atoms with Crippen LogP contribution in [0, 0.1) is 18.8 Å². The summed E-state index contributed by atoms with van der Waals surface area (Å²) in [7, 11) is 0. The lowest BCUT2D eigenvalue weighted by molar-refractivity contribution is -0.124. The first kappa shape index (κ1) is 23.0. The van der Waals surface area contributed by atoms with Crippen molar-refractivity contribution in [2.24, 2.45) is 11.8 Å². The van der Waals surface area contributed by atoms with Gasteiger partial charge in [0, 0.05) is 25.2 Å². The second kappa shape index (κ2) is 10.6. The van der Waals surface area contributed by atoms with Gasteiger partial charge in [0.05, 0.1) is 4.88 Å². The molecule has 166 valence electrons. The Hall–Kier alpha value is -2.67. The number of nitrogens with zero attached hydrogens (tertiary/aromatic N) is 1. The number of hydrogen-bond acceptors (Lipinski definition) is 4. The molecule has 1 aliphatic heterocycles. The van der Waals surface area contributed by atoms with Crippen molar-refractivity contribution < 1.29 is 14.4 Å². The van der Waals surface area contributed by atoms with Crippen LogP contribution in [0.1, 0.15) is 52.3 Å². The minimum Gasteiger partial charge on any atom is -0.354 e. The number of thiophene rings is 1. The second-order valence-electron chi connectivity index (χ2n) is 8.51. The lowest BCUT2D eigenvalue weighted by Gasteiger charge is -2.36. The molecule has 0 saturated carbocycles. The van der Waals surface area contributed by atoms with Crippen LogP contribution in [0.5, 0.6) is 0 Å². The third kappa shape index (κ3) is 5.94. The van der Waals surface area contributed by atoms with E-state index in [0.717, 1.165) is 11.1 Å². The number of benzene rings is 1. The summed E-state index contributed by atoms with van der Waals surface area (Å²) in [4.78, 5) is 40.9. The number of rotatable bonds is 7. The minimum atomic E-state index is -0.607. The standard InChI is InChI=1S/C24H31N3O3S/c1-16(2)15-25-23(29)21(26-22(28)20-9-6-14-31-20)18-10-12-27(13-11-18)24(30)19-8-5-4-7-17(19)3/h4-9,14,16,18,21H,10-13,15H2,1-3H3,(H,25,29)(H,26,28). The predicted octanol–water partition coefficient (Wildman–Crippen LogP) is 3.48. The highest BCUT2D eigenvalue weighted by Crippen LogP contribution is 2.24. The third-order valence-corrected chi connectivity index (χ3v) is 6.54. The number of piperidine rings is 1. The van der Waals surface area contributed by atoms with E-state index in [1.165, 1.54) is 11.3 Å². The van der Waals surface area contributed by atoms with Gasteiger partial charge in [0.15, 0.2) is 0 Å². The van der Waals surface area contributed by atoms with E-state index in [2.05, 4.69) is 10.6 Å². The fraction of sp³-hybridized carbons (Fsp3) is 0.458. The van der Waals surface area contributed by atoms with Crippen molar-refractivity contribution in [3.05, 3.63) is 57.8 Å². The number of carbonyl (C=O) groups is 3. The van der Waals surface area contributed by atoms with Crippen LogP contribution in [0.25, 0.3) is 0 Å². The van der Waals surface area contributed by atoms with Crippen molar-refractivity contribution in [2.45, 2.75) is 39.7 Å². The fourth-order valence-electron chi connectivity index (χ4n) is 3.85. The molecule has 31 heavy (non-hydrogen) atoms. The number of hydrogen-bond donors (Lipinski definition) is 2. The molecule has 0 spiro atoms. The van der Waals surface area contributed by atoms with Gasteiger partial charge in [0.25, 0.3) is 11.8 Å². The van der Waals surface area contributed by atoms with Crippen LogP contribution < -0.4 is 10.6 Å². The molecule has 1 fully saturated rings. The van der Waals surface area contributed by atoms with E-state index in [0.29, 0.717) is 43.3 Å². The molecule has 7 heteroatoms. The summed E-state index contributed by atoms with van der Waals surface area (Å²) in [6, 6.07) is 10.6. The second-order valence-corrected chi connectivity index (χ2v) is 9.46. The first-order chi connectivity index (χ1) is 14.9. The highest BCUT2D eigenvalue weighted by molar-refractivity contribution is 7.12. The van der Waals surface area contributed by atoms with Gasteiger partial charge in [-0.15, -0.1) is 11.3 Å². The highest BCUT2D eigenvalue weighted by Gasteiger charge is 2.34. The summed E-state index contributed by atoms with van der Waals surface area (Å²) >= 11 is 1.36. The number of likely N-dealkylation sites (tertiary alicyclic amines) is 1. The van der Waals surface area contributed by atoms with Gasteiger partial charge in [0.1, 0.15) is 6.04 Å². The topological polar surface area (TPSA) is 78.5 Å². The molecule has 0 radical (unpaired) electrons. The Labute approximate surface area is 188 Å². The van der Waals surface area contributed by atoms with E-state index >= 15 is 0 Å². The lowest BCUT2D eigenvalue weighted by atomic mass is 9.88. The van der Waals surface area contributed by atoms with Crippen LogP contribution in [0.3, 0.4) is 0 Å². The van der Waals surface area contributed by atoms with Crippen molar-refractivity contribution in [2.75, 3.05) is 19.6 Å².